The summed E-state index contributed by atoms with van der Waals surface area (Å²) in [5.41, 5.74) is 0.933. The predicted molar refractivity (Wildman–Crippen MR) is 49.6 cm³/mol. The first kappa shape index (κ1) is 9.93. The largest absolute Gasteiger partial charge is 0.345 e. The van der Waals surface area contributed by atoms with Gasteiger partial charge in [0.15, 0.2) is 0 Å². The summed E-state index contributed by atoms with van der Waals surface area (Å²) < 4.78 is 0. The van der Waals surface area contributed by atoms with Gasteiger partial charge in [-0.15, -0.1) is 0 Å². The lowest BCUT2D eigenvalue weighted by Gasteiger charge is -2.00. The number of hydrogen-bond acceptors (Lipinski definition) is 3. The van der Waals surface area contributed by atoms with Crippen LogP contribution in [0.2, 0.25) is 0 Å². The number of rotatable bonds is 3. The van der Waals surface area contributed by atoms with E-state index in [0.29, 0.717) is 17.4 Å². The van der Waals surface area contributed by atoms with Gasteiger partial charge in [-0.1, -0.05) is 0 Å². The number of benzene rings is 1. The standard InChI is InChI=1S/C10H8N2O2/c11-7-8-1-3-9(4-2-8)10(14)12-5-6-13/h1-4,6H,5H2,(H,12,14). The molecule has 0 unspecified atom stereocenters. The molecule has 0 aliphatic heterocycles. The lowest BCUT2D eigenvalue weighted by Crippen LogP contribution is -2.24. The first-order valence-electron chi connectivity index (χ1n) is 4.00. The highest BCUT2D eigenvalue weighted by molar-refractivity contribution is 5.95. The zero-order valence-corrected chi connectivity index (χ0v) is 7.36. The lowest BCUT2D eigenvalue weighted by molar-refractivity contribution is -0.107. The van der Waals surface area contributed by atoms with Gasteiger partial charge in [0.2, 0.25) is 0 Å². The highest BCUT2D eigenvalue weighted by atomic mass is 16.2. The zero-order chi connectivity index (χ0) is 10.4. The van der Waals surface area contributed by atoms with E-state index in [1.165, 1.54) is 0 Å². The predicted octanol–water partition coefficient (Wildman–Crippen LogP) is 0.487. The van der Waals surface area contributed by atoms with Crippen LogP contribution in [0.1, 0.15) is 15.9 Å². The minimum Gasteiger partial charge on any atom is -0.345 e. The van der Waals surface area contributed by atoms with E-state index in [1.807, 2.05) is 6.07 Å². The topological polar surface area (TPSA) is 70.0 Å². The van der Waals surface area contributed by atoms with Crippen LogP contribution in [0.4, 0.5) is 0 Å². The van der Waals surface area contributed by atoms with Crippen molar-refractivity contribution in [2.75, 3.05) is 6.54 Å². The van der Waals surface area contributed by atoms with Crippen LogP contribution in [-0.4, -0.2) is 18.7 Å². The Hall–Kier alpha value is -2.15. The molecular weight excluding hydrogens is 180 g/mol. The van der Waals surface area contributed by atoms with Crippen LogP contribution in [0.25, 0.3) is 0 Å². The average molecular weight is 188 g/mol. The summed E-state index contributed by atoms with van der Waals surface area (Å²) in [6, 6.07) is 8.13. The molecule has 0 atom stereocenters. The summed E-state index contributed by atoms with van der Waals surface area (Å²) in [5, 5.41) is 10.9. The molecule has 0 bridgehead atoms. The number of nitrogens with zero attached hydrogens (tertiary/aromatic N) is 1. The number of aldehydes is 1. The van der Waals surface area contributed by atoms with E-state index in [9.17, 15) is 9.59 Å². The van der Waals surface area contributed by atoms with Crippen LogP contribution >= 0.6 is 0 Å². The Bertz CT molecular complexity index is 376. The fraction of sp³-hybridized carbons (Fsp3) is 0.100. The molecule has 1 aromatic carbocycles. The van der Waals surface area contributed by atoms with Crippen molar-refractivity contribution in [1.29, 1.82) is 5.26 Å². The molecule has 14 heavy (non-hydrogen) atoms. The zero-order valence-electron chi connectivity index (χ0n) is 7.36. The van der Waals surface area contributed by atoms with Gasteiger partial charge in [0.25, 0.3) is 5.91 Å². The molecule has 0 aliphatic carbocycles. The first-order valence-corrected chi connectivity index (χ1v) is 4.00. The van der Waals surface area contributed by atoms with Crippen molar-refractivity contribution in [1.82, 2.24) is 5.32 Å². The van der Waals surface area contributed by atoms with Gasteiger partial charge in [0, 0.05) is 5.56 Å². The van der Waals surface area contributed by atoms with Crippen LogP contribution in [0.15, 0.2) is 24.3 Å². The third-order valence-corrected chi connectivity index (χ3v) is 1.62. The fourth-order valence-electron chi connectivity index (χ4n) is 0.933. The van der Waals surface area contributed by atoms with E-state index in [-0.39, 0.29) is 12.5 Å². The highest BCUT2D eigenvalue weighted by Crippen LogP contribution is 2.02. The van der Waals surface area contributed by atoms with E-state index in [2.05, 4.69) is 5.32 Å². The minimum atomic E-state index is -0.318. The lowest BCUT2D eigenvalue weighted by atomic mass is 10.1. The Morgan fingerprint density at radius 1 is 1.43 bits per heavy atom. The Kier molecular flexibility index (Phi) is 3.39. The molecule has 0 saturated carbocycles. The van der Waals surface area contributed by atoms with E-state index < -0.39 is 0 Å². The van der Waals surface area contributed by atoms with Gasteiger partial charge in [0.1, 0.15) is 6.29 Å². The normalized spacial score (nSPS) is 8.79. The number of carbonyl (C=O) groups excluding carboxylic acids is 2. The van der Waals surface area contributed by atoms with Crippen molar-refractivity contribution < 1.29 is 9.59 Å². The molecule has 4 nitrogen and oxygen atoms in total. The quantitative estimate of drug-likeness (QED) is 0.701. The fourth-order valence-corrected chi connectivity index (χ4v) is 0.933. The van der Waals surface area contributed by atoms with Gasteiger partial charge in [-0.2, -0.15) is 5.26 Å². The van der Waals surface area contributed by atoms with Crippen molar-refractivity contribution in [2.24, 2.45) is 0 Å². The molecule has 0 aromatic heterocycles. The van der Waals surface area contributed by atoms with E-state index in [4.69, 9.17) is 5.26 Å². The molecule has 1 N–H and O–H groups in total. The van der Waals surface area contributed by atoms with Gasteiger partial charge in [-0.05, 0) is 24.3 Å². The van der Waals surface area contributed by atoms with Gasteiger partial charge >= 0.3 is 0 Å². The number of nitrogens with one attached hydrogen (secondary N) is 1. The monoisotopic (exact) mass is 188 g/mol. The Morgan fingerprint density at radius 3 is 2.57 bits per heavy atom. The molecule has 0 saturated heterocycles. The highest BCUT2D eigenvalue weighted by Gasteiger charge is 2.03. The van der Waals surface area contributed by atoms with Gasteiger partial charge < -0.3 is 10.1 Å². The summed E-state index contributed by atoms with van der Waals surface area (Å²) >= 11 is 0. The molecule has 1 amide bonds. The summed E-state index contributed by atoms with van der Waals surface area (Å²) in [7, 11) is 0. The maximum absolute atomic E-state index is 11.3. The SMILES string of the molecule is N#Cc1ccc(C(=O)NCC=O)cc1. The Morgan fingerprint density at radius 2 is 2.07 bits per heavy atom. The van der Waals surface area contributed by atoms with Crippen molar-refractivity contribution in [3.8, 4) is 6.07 Å². The van der Waals surface area contributed by atoms with Crippen LogP contribution in [0, 0.1) is 11.3 Å². The smallest absolute Gasteiger partial charge is 0.251 e. The molecule has 0 fully saturated rings. The van der Waals surface area contributed by atoms with Crippen LogP contribution in [0.5, 0.6) is 0 Å². The summed E-state index contributed by atoms with van der Waals surface area (Å²) in [6.45, 7) is -0.00116. The second-order valence-electron chi connectivity index (χ2n) is 2.57. The summed E-state index contributed by atoms with van der Waals surface area (Å²) in [4.78, 5) is 21.2. The van der Waals surface area contributed by atoms with Crippen LogP contribution < -0.4 is 5.32 Å². The van der Waals surface area contributed by atoms with Crippen LogP contribution in [0.3, 0.4) is 0 Å². The Balaban J connectivity index is 2.72. The average Bonchev–Trinajstić information content (AvgIpc) is 2.26. The number of carbonyl (C=O) groups is 2. The number of amides is 1. The van der Waals surface area contributed by atoms with Crippen molar-refractivity contribution in [2.45, 2.75) is 0 Å². The molecular formula is C10H8N2O2. The first-order chi connectivity index (χ1) is 6.77. The summed E-state index contributed by atoms with van der Waals surface area (Å²) in [6.07, 6.45) is 0.613. The second kappa shape index (κ2) is 4.77. The third-order valence-electron chi connectivity index (χ3n) is 1.62. The molecule has 4 heteroatoms. The maximum atomic E-state index is 11.3. The van der Waals surface area contributed by atoms with Gasteiger partial charge in [-0.3, -0.25) is 4.79 Å². The maximum Gasteiger partial charge on any atom is 0.251 e. The second-order valence-corrected chi connectivity index (χ2v) is 2.57. The van der Waals surface area contributed by atoms with Crippen LogP contribution in [-0.2, 0) is 4.79 Å². The third kappa shape index (κ3) is 2.42. The molecule has 1 aromatic rings. The Labute approximate surface area is 81.2 Å². The van der Waals surface area contributed by atoms with Crippen molar-refractivity contribution in [3.63, 3.8) is 0 Å². The number of nitriles is 1. The molecule has 0 spiro atoms. The minimum absolute atomic E-state index is 0.00116. The van der Waals surface area contributed by atoms with E-state index >= 15 is 0 Å². The molecule has 70 valence electrons. The molecule has 0 aliphatic rings. The van der Waals surface area contributed by atoms with E-state index in [1.54, 1.807) is 24.3 Å². The molecule has 0 heterocycles. The van der Waals surface area contributed by atoms with E-state index in [0.717, 1.165) is 0 Å². The van der Waals surface area contributed by atoms with Gasteiger partial charge in [0.05, 0.1) is 18.2 Å². The van der Waals surface area contributed by atoms with Gasteiger partial charge in [-0.25, -0.2) is 0 Å². The molecule has 1 rings (SSSR count). The van der Waals surface area contributed by atoms with Crippen molar-refractivity contribution in [3.05, 3.63) is 35.4 Å². The van der Waals surface area contributed by atoms with Crippen molar-refractivity contribution >= 4 is 12.2 Å². The number of hydrogen-bond donors (Lipinski definition) is 1. The summed E-state index contributed by atoms with van der Waals surface area (Å²) in [5.74, 6) is -0.318. The molecule has 0 radical (unpaired) electrons.